The van der Waals surface area contributed by atoms with Crippen LogP contribution in [0.25, 0.3) is 0 Å². The summed E-state index contributed by atoms with van der Waals surface area (Å²) in [5.41, 5.74) is 0.996. The van der Waals surface area contributed by atoms with Crippen molar-refractivity contribution in [1.29, 1.82) is 0 Å². The second-order valence-corrected chi connectivity index (χ2v) is 6.88. The summed E-state index contributed by atoms with van der Waals surface area (Å²) < 4.78 is 0. The number of hydrogen-bond donors (Lipinski definition) is 1. The van der Waals surface area contributed by atoms with Crippen LogP contribution in [0.2, 0.25) is 0 Å². The largest absolute Gasteiger partial charge is 0.368 e. The summed E-state index contributed by atoms with van der Waals surface area (Å²) >= 11 is 0. The number of piperazine rings is 1. The fourth-order valence-corrected chi connectivity index (χ4v) is 3.75. The molecular formula is C18H25N5O4. The highest BCUT2D eigenvalue weighted by Crippen LogP contribution is 2.21. The van der Waals surface area contributed by atoms with Gasteiger partial charge in [0.05, 0.1) is 17.5 Å². The van der Waals surface area contributed by atoms with Crippen LogP contribution in [0.3, 0.4) is 0 Å². The lowest BCUT2D eigenvalue weighted by molar-refractivity contribution is -0.384. The van der Waals surface area contributed by atoms with Crippen LogP contribution in [0.1, 0.15) is 12.8 Å². The topological polar surface area (TPSA) is 99.0 Å². The third-order valence-electron chi connectivity index (χ3n) is 5.31. The van der Waals surface area contributed by atoms with Crippen molar-refractivity contribution in [3.63, 3.8) is 0 Å². The normalized spacial score (nSPS) is 20.6. The Morgan fingerprint density at radius 2 is 1.81 bits per heavy atom. The van der Waals surface area contributed by atoms with E-state index in [1.807, 2.05) is 9.80 Å². The Morgan fingerprint density at radius 1 is 1.15 bits per heavy atom. The standard InChI is InChI=1S/C18H25N5O4/c1-19-18(25)16-3-2-8-22(16)13-17(24)21-11-9-20(10-12-21)14-4-6-15(7-5-14)23(26)27/h4-7,16H,2-3,8-13H2,1H3,(H,19,25). The van der Waals surface area contributed by atoms with Crippen molar-refractivity contribution in [1.82, 2.24) is 15.1 Å². The molecule has 1 atom stereocenters. The molecule has 0 radical (unpaired) electrons. The van der Waals surface area contributed by atoms with Crippen molar-refractivity contribution < 1.29 is 14.5 Å². The molecule has 9 heteroatoms. The van der Waals surface area contributed by atoms with Crippen molar-refractivity contribution >= 4 is 23.2 Å². The molecule has 2 saturated heterocycles. The van der Waals surface area contributed by atoms with E-state index in [4.69, 9.17) is 0 Å². The monoisotopic (exact) mass is 375 g/mol. The summed E-state index contributed by atoms with van der Waals surface area (Å²) in [5.74, 6) is 0.0254. The van der Waals surface area contributed by atoms with Crippen LogP contribution in [-0.2, 0) is 9.59 Å². The predicted molar refractivity (Wildman–Crippen MR) is 101 cm³/mol. The Balaban J connectivity index is 1.52. The summed E-state index contributed by atoms with van der Waals surface area (Å²) in [6.07, 6.45) is 1.72. The maximum atomic E-state index is 12.6. The first-order valence-corrected chi connectivity index (χ1v) is 9.22. The average Bonchev–Trinajstić information content (AvgIpc) is 3.15. The molecule has 2 aliphatic heterocycles. The molecule has 146 valence electrons. The van der Waals surface area contributed by atoms with E-state index in [2.05, 4.69) is 10.2 Å². The quantitative estimate of drug-likeness (QED) is 0.593. The molecule has 1 unspecified atom stereocenters. The van der Waals surface area contributed by atoms with E-state index in [1.165, 1.54) is 12.1 Å². The minimum absolute atomic E-state index is 0.0247. The number of likely N-dealkylation sites (N-methyl/N-ethyl adjacent to an activating group) is 1. The number of rotatable bonds is 5. The summed E-state index contributed by atoms with van der Waals surface area (Å²) in [7, 11) is 1.62. The number of non-ortho nitro benzene ring substituents is 1. The van der Waals surface area contributed by atoms with Gasteiger partial charge in [0.2, 0.25) is 11.8 Å². The molecule has 3 rings (SSSR count). The number of likely N-dealkylation sites (tertiary alicyclic amines) is 1. The number of amides is 2. The van der Waals surface area contributed by atoms with Crippen LogP contribution in [-0.4, -0.2) is 78.9 Å². The molecule has 0 bridgehead atoms. The lowest BCUT2D eigenvalue weighted by atomic mass is 10.2. The van der Waals surface area contributed by atoms with Crippen LogP contribution in [0, 0.1) is 10.1 Å². The number of carbonyl (C=O) groups excluding carboxylic acids is 2. The highest BCUT2D eigenvalue weighted by molar-refractivity contribution is 5.84. The second-order valence-electron chi connectivity index (χ2n) is 6.88. The number of anilines is 1. The van der Waals surface area contributed by atoms with Gasteiger partial charge in [0, 0.05) is 51.0 Å². The molecule has 1 N–H and O–H groups in total. The first kappa shape index (κ1) is 19.1. The van der Waals surface area contributed by atoms with E-state index in [-0.39, 0.29) is 30.1 Å². The molecule has 0 aromatic heterocycles. The van der Waals surface area contributed by atoms with Gasteiger partial charge in [0.1, 0.15) is 0 Å². The van der Waals surface area contributed by atoms with Crippen LogP contribution < -0.4 is 10.2 Å². The molecule has 2 amide bonds. The summed E-state index contributed by atoms with van der Waals surface area (Å²) in [6, 6.07) is 6.28. The second kappa shape index (κ2) is 8.34. The highest BCUT2D eigenvalue weighted by atomic mass is 16.6. The first-order chi connectivity index (χ1) is 13.0. The fraction of sp³-hybridized carbons (Fsp3) is 0.556. The van der Waals surface area contributed by atoms with E-state index in [1.54, 1.807) is 19.2 Å². The van der Waals surface area contributed by atoms with Crippen LogP contribution in [0.15, 0.2) is 24.3 Å². The van der Waals surface area contributed by atoms with Crippen molar-refractivity contribution in [2.45, 2.75) is 18.9 Å². The smallest absolute Gasteiger partial charge is 0.269 e. The number of nitro groups is 1. The zero-order valence-electron chi connectivity index (χ0n) is 15.5. The van der Waals surface area contributed by atoms with E-state index in [9.17, 15) is 19.7 Å². The molecule has 2 heterocycles. The minimum atomic E-state index is -0.412. The van der Waals surface area contributed by atoms with Crippen LogP contribution in [0.5, 0.6) is 0 Å². The fourth-order valence-electron chi connectivity index (χ4n) is 3.75. The van der Waals surface area contributed by atoms with Crippen molar-refractivity contribution in [2.24, 2.45) is 0 Å². The number of hydrogen-bond acceptors (Lipinski definition) is 6. The lowest BCUT2D eigenvalue weighted by Crippen LogP contribution is -2.52. The van der Waals surface area contributed by atoms with Crippen molar-refractivity contribution in [3.8, 4) is 0 Å². The SMILES string of the molecule is CNC(=O)C1CCCN1CC(=O)N1CCN(c2ccc([N+](=O)[O-])cc2)CC1. The minimum Gasteiger partial charge on any atom is -0.368 e. The van der Waals surface area contributed by atoms with Gasteiger partial charge < -0.3 is 15.1 Å². The third-order valence-corrected chi connectivity index (χ3v) is 5.31. The number of nitro benzene ring substituents is 1. The Labute approximate surface area is 158 Å². The predicted octanol–water partition coefficient (Wildman–Crippen LogP) is 0.454. The number of nitrogens with one attached hydrogen (secondary N) is 1. The van der Waals surface area contributed by atoms with E-state index in [0.717, 1.165) is 25.1 Å². The van der Waals surface area contributed by atoms with Gasteiger partial charge in [0.15, 0.2) is 0 Å². The van der Waals surface area contributed by atoms with Gasteiger partial charge in [0.25, 0.3) is 5.69 Å². The van der Waals surface area contributed by atoms with E-state index in [0.29, 0.717) is 26.2 Å². The maximum absolute atomic E-state index is 12.6. The zero-order valence-corrected chi connectivity index (χ0v) is 15.5. The molecule has 1 aromatic carbocycles. The Hall–Kier alpha value is -2.68. The molecule has 0 saturated carbocycles. The molecule has 2 fully saturated rings. The molecular weight excluding hydrogens is 350 g/mol. The third kappa shape index (κ3) is 4.36. The lowest BCUT2D eigenvalue weighted by Gasteiger charge is -2.37. The summed E-state index contributed by atoms with van der Waals surface area (Å²) in [5, 5.41) is 13.4. The highest BCUT2D eigenvalue weighted by Gasteiger charge is 2.32. The summed E-state index contributed by atoms with van der Waals surface area (Å²) in [6.45, 7) is 3.62. The van der Waals surface area contributed by atoms with Gasteiger partial charge in [-0.1, -0.05) is 0 Å². The number of nitrogens with zero attached hydrogens (tertiary/aromatic N) is 4. The molecule has 2 aliphatic rings. The van der Waals surface area contributed by atoms with E-state index < -0.39 is 4.92 Å². The van der Waals surface area contributed by atoms with Gasteiger partial charge in [-0.3, -0.25) is 24.6 Å². The first-order valence-electron chi connectivity index (χ1n) is 9.22. The molecule has 0 spiro atoms. The van der Waals surface area contributed by atoms with E-state index >= 15 is 0 Å². The molecule has 27 heavy (non-hydrogen) atoms. The van der Waals surface area contributed by atoms with Gasteiger partial charge >= 0.3 is 0 Å². The Kier molecular flexibility index (Phi) is 5.90. The van der Waals surface area contributed by atoms with Gasteiger partial charge in [-0.05, 0) is 31.5 Å². The molecule has 9 nitrogen and oxygen atoms in total. The number of benzene rings is 1. The zero-order chi connectivity index (χ0) is 19.4. The van der Waals surface area contributed by atoms with Crippen LogP contribution >= 0.6 is 0 Å². The Morgan fingerprint density at radius 3 is 2.41 bits per heavy atom. The maximum Gasteiger partial charge on any atom is 0.269 e. The molecule has 1 aromatic rings. The number of carbonyl (C=O) groups is 2. The van der Waals surface area contributed by atoms with Gasteiger partial charge in [-0.25, -0.2) is 0 Å². The van der Waals surface area contributed by atoms with Crippen molar-refractivity contribution in [2.75, 3.05) is 51.2 Å². The summed E-state index contributed by atoms with van der Waals surface area (Å²) in [4.78, 5) is 40.8. The average molecular weight is 375 g/mol. The van der Waals surface area contributed by atoms with Crippen molar-refractivity contribution in [3.05, 3.63) is 34.4 Å². The van der Waals surface area contributed by atoms with Crippen LogP contribution in [0.4, 0.5) is 11.4 Å². The molecule has 0 aliphatic carbocycles. The van der Waals surface area contributed by atoms with Gasteiger partial charge in [-0.15, -0.1) is 0 Å². The van der Waals surface area contributed by atoms with Gasteiger partial charge in [-0.2, -0.15) is 0 Å². The Bertz CT molecular complexity index is 700.